The minimum Gasteiger partial charge on any atom is -0.481 e. The second kappa shape index (κ2) is 6.20. The Kier molecular flexibility index (Phi) is 4.36. The van der Waals surface area contributed by atoms with E-state index in [0.29, 0.717) is 18.2 Å². The van der Waals surface area contributed by atoms with E-state index in [9.17, 15) is 9.59 Å². The normalized spacial score (nSPS) is 18.4. The molecule has 0 bridgehead atoms. The zero-order chi connectivity index (χ0) is 14.5. The summed E-state index contributed by atoms with van der Waals surface area (Å²) in [6, 6.07) is 1.76. The van der Waals surface area contributed by atoms with E-state index < -0.39 is 18.0 Å². The summed E-state index contributed by atoms with van der Waals surface area (Å²) in [5.41, 5.74) is 0.464. The largest absolute Gasteiger partial charge is 0.481 e. The number of amides is 2. The molecule has 108 valence electrons. The smallest absolute Gasteiger partial charge is 0.328 e. The van der Waals surface area contributed by atoms with Crippen molar-refractivity contribution < 1.29 is 24.2 Å². The highest BCUT2D eigenvalue weighted by atomic mass is 16.5. The van der Waals surface area contributed by atoms with Gasteiger partial charge in [-0.1, -0.05) is 0 Å². The molecule has 1 aromatic heterocycles. The SMILES string of the molecule is COc1ccc(NC(=O)N2CCOCC2C(=O)O)cn1. The van der Waals surface area contributed by atoms with E-state index in [-0.39, 0.29) is 13.2 Å². The molecular weight excluding hydrogens is 266 g/mol. The van der Waals surface area contributed by atoms with Crippen LogP contribution in [0.1, 0.15) is 0 Å². The maximum atomic E-state index is 12.1. The Morgan fingerprint density at radius 2 is 2.35 bits per heavy atom. The van der Waals surface area contributed by atoms with E-state index in [1.807, 2.05) is 0 Å². The van der Waals surface area contributed by atoms with E-state index in [1.54, 1.807) is 12.1 Å². The molecule has 0 aromatic carbocycles. The van der Waals surface area contributed by atoms with Gasteiger partial charge in [0.2, 0.25) is 5.88 Å². The highest BCUT2D eigenvalue weighted by molar-refractivity contribution is 5.92. The lowest BCUT2D eigenvalue weighted by Gasteiger charge is -2.32. The van der Waals surface area contributed by atoms with E-state index in [2.05, 4.69) is 10.3 Å². The number of aromatic nitrogens is 1. The number of ether oxygens (including phenoxy) is 2. The number of carboxylic acid groups (broad SMARTS) is 1. The van der Waals surface area contributed by atoms with Crippen molar-refractivity contribution in [1.29, 1.82) is 0 Å². The summed E-state index contributed by atoms with van der Waals surface area (Å²) in [6.07, 6.45) is 1.44. The summed E-state index contributed by atoms with van der Waals surface area (Å²) in [4.78, 5) is 28.3. The topological polar surface area (TPSA) is 101 Å². The van der Waals surface area contributed by atoms with Crippen LogP contribution in [-0.2, 0) is 9.53 Å². The molecule has 1 saturated heterocycles. The Morgan fingerprint density at radius 3 is 2.95 bits per heavy atom. The molecule has 0 spiro atoms. The first-order valence-electron chi connectivity index (χ1n) is 6.00. The lowest BCUT2D eigenvalue weighted by Crippen LogP contribution is -2.53. The molecule has 0 saturated carbocycles. The van der Waals surface area contributed by atoms with Crippen LogP contribution >= 0.6 is 0 Å². The fraction of sp³-hybridized carbons (Fsp3) is 0.417. The van der Waals surface area contributed by atoms with Crippen molar-refractivity contribution >= 4 is 17.7 Å². The Morgan fingerprint density at radius 1 is 1.55 bits per heavy atom. The van der Waals surface area contributed by atoms with Crippen molar-refractivity contribution in [2.24, 2.45) is 0 Å². The van der Waals surface area contributed by atoms with Gasteiger partial charge in [0.15, 0.2) is 6.04 Å². The van der Waals surface area contributed by atoms with Gasteiger partial charge in [-0.3, -0.25) is 0 Å². The number of nitrogens with zero attached hydrogens (tertiary/aromatic N) is 2. The van der Waals surface area contributed by atoms with Crippen LogP contribution in [-0.4, -0.2) is 59.9 Å². The first-order chi connectivity index (χ1) is 9.61. The van der Waals surface area contributed by atoms with E-state index in [0.717, 1.165) is 0 Å². The molecule has 1 fully saturated rings. The fourth-order valence-electron chi connectivity index (χ4n) is 1.82. The van der Waals surface area contributed by atoms with Crippen LogP contribution in [0.2, 0.25) is 0 Å². The van der Waals surface area contributed by atoms with Crippen LogP contribution in [0.5, 0.6) is 5.88 Å². The number of pyridine rings is 1. The Balaban J connectivity index is 2.03. The second-order valence-electron chi connectivity index (χ2n) is 4.14. The minimum atomic E-state index is -1.09. The number of aliphatic carboxylic acids is 1. The molecule has 8 nitrogen and oxygen atoms in total. The predicted octanol–water partition coefficient (Wildman–Crippen LogP) is 0.407. The van der Waals surface area contributed by atoms with Crippen LogP contribution in [0.4, 0.5) is 10.5 Å². The molecular formula is C12H15N3O5. The van der Waals surface area contributed by atoms with E-state index in [1.165, 1.54) is 18.2 Å². The summed E-state index contributed by atoms with van der Waals surface area (Å²) >= 11 is 0. The minimum absolute atomic E-state index is 0.0103. The third-order valence-electron chi connectivity index (χ3n) is 2.87. The molecule has 8 heteroatoms. The predicted molar refractivity (Wildman–Crippen MR) is 68.8 cm³/mol. The number of rotatable bonds is 3. The van der Waals surface area contributed by atoms with Gasteiger partial charge in [0.05, 0.1) is 32.2 Å². The van der Waals surface area contributed by atoms with Crippen LogP contribution in [0.25, 0.3) is 0 Å². The molecule has 2 rings (SSSR count). The highest BCUT2D eigenvalue weighted by Gasteiger charge is 2.32. The van der Waals surface area contributed by atoms with Gasteiger partial charge in [0.1, 0.15) is 0 Å². The van der Waals surface area contributed by atoms with Gasteiger partial charge < -0.3 is 24.8 Å². The lowest BCUT2D eigenvalue weighted by molar-refractivity contribution is -0.147. The summed E-state index contributed by atoms with van der Waals surface area (Å²) < 4.78 is 9.98. The Labute approximate surface area is 115 Å². The number of methoxy groups -OCH3 is 1. The number of hydrogen-bond acceptors (Lipinski definition) is 5. The lowest BCUT2D eigenvalue weighted by atomic mass is 10.2. The summed E-state index contributed by atoms with van der Waals surface area (Å²) in [6.45, 7) is 0.536. The first kappa shape index (κ1) is 14.1. The second-order valence-corrected chi connectivity index (χ2v) is 4.14. The number of carbonyl (C=O) groups is 2. The fourth-order valence-corrected chi connectivity index (χ4v) is 1.82. The maximum absolute atomic E-state index is 12.1. The Bertz CT molecular complexity index is 490. The van der Waals surface area contributed by atoms with Gasteiger partial charge in [0.25, 0.3) is 0 Å². The maximum Gasteiger partial charge on any atom is 0.328 e. The molecule has 20 heavy (non-hydrogen) atoms. The van der Waals surface area contributed by atoms with Crippen LogP contribution in [0.15, 0.2) is 18.3 Å². The summed E-state index contributed by atoms with van der Waals surface area (Å²) in [7, 11) is 1.49. The molecule has 1 aliphatic rings. The zero-order valence-electron chi connectivity index (χ0n) is 10.9. The summed E-state index contributed by atoms with van der Waals surface area (Å²) in [5, 5.41) is 11.7. The standard InChI is InChI=1S/C12H15N3O5/c1-19-10-3-2-8(6-13-10)14-12(18)15-4-5-20-7-9(15)11(16)17/h2-3,6,9H,4-5,7H2,1H3,(H,14,18)(H,16,17). The van der Waals surface area contributed by atoms with Gasteiger partial charge in [-0.25, -0.2) is 14.6 Å². The van der Waals surface area contributed by atoms with Gasteiger partial charge >= 0.3 is 12.0 Å². The van der Waals surface area contributed by atoms with Gasteiger partial charge in [-0.2, -0.15) is 0 Å². The third kappa shape index (κ3) is 3.15. The molecule has 2 N–H and O–H groups in total. The van der Waals surface area contributed by atoms with Crippen LogP contribution in [0, 0.1) is 0 Å². The molecule has 0 aliphatic carbocycles. The number of carboxylic acids is 1. The van der Waals surface area contributed by atoms with E-state index in [4.69, 9.17) is 14.6 Å². The quantitative estimate of drug-likeness (QED) is 0.832. The zero-order valence-corrected chi connectivity index (χ0v) is 10.9. The van der Waals surface area contributed by atoms with Crippen molar-refractivity contribution in [3.8, 4) is 5.88 Å². The molecule has 2 heterocycles. The van der Waals surface area contributed by atoms with Crippen LogP contribution < -0.4 is 10.1 Å². The number of hydrogen-bond donors (Lipinski definition) is 2. The number of nitrogens with one attached hydrogen (secondary N) is 1. The molecule has 1 atom stereocenters. The molecule has 1 aliphatic heterocycles. The number of carbonyl (C=O) groups excluding carboxylic acids is 1. The van der Waals surface area contributed by atoms with Crippen molar-refractivity contribution in [2.75, 3.05) is 32.2 Å². The Hall–Kier alpha value is -2.35. The average Bonchev–Trinajstić information content (AvgIpc) is 2.48. The van der Waals surface area contributed by atoms with Crippen molar-refractivity contribution in [1.82, 2.24) is 9.88 Å². The average molecular weight is 281 g/mol. The molecule has 1 unspecified atom stereocenters. The van der Waals surface area contributed by atoms with Crippen molar-refractivity contribution in [3.05, 3.63) is 18.3 Å². The summed E-state index contributed by atoms with van der Waals surface area (Å²) in [5.74, 6) is -0.662. The number of urea groups is 1. The van der Waals surface area contributed by atoms with Crippen molar-refractivity contribution in [3.63, 3.8) is 0 Å². The monoisotopic (exact) mass is 281 g/mol. The molecule has 0 radical (unpaired) electrons. The van der Waals surface area contributed by atoms with Gasteiger partial charge in [-0.05, 0) is 6.07 Å². The van der Waals surface area contributed by atoms with Crippen LogP contribution in [0.3, 0.4) is 0 Å². The van der Waals surface area contributed by atoms with Gasteiger partial charge in [-0.15, -0.1) is 0 Å². The number of morpholine rings is 1. The molecule has 2 amide bonds. The molecule has 1 aromatic rings. The highest BCUT2D eigenvalue weighted by Crippen LogP contribution is 2.14. The first-order valence-corrected chi connectivity index (χ1v) is 6.00. The third-order valence-corrected chi connectivity index (χ3v) is 2.87. The van der Waals surface area contributed by atoms with Crippen molar-refractivity contribution in [2.45, 2.75) is 6.04 Å². The van der Waals surface area contributed by atoms with Gasteiger partial charge in [0, 0.05) is 12.6 Å². The van der Waals surface area contributed by atoms with E-state index >= 15 is 0 Å². The number of anilines is 1.